The van der Waals surface area contributed by atoms with Gasteiger partial charge in [0.2, 0.25) is 5.60 Å². The van der Waals surface area contributed by atoms with Gasteiger partial charge in [-0.2, -0.15) is 0 Å². The minimum absolute atomic E-state index is 0.0731. The van der Waals surface area contributed by atoms with Gasteiger partial charge < -0.3 is 21.5 Å². The van der Waals surface area contributed by atoms with Crippen molar-refractivity contribution >= 4 is 11.7 Å². The Morgan fingerprint density at radius 1 is 1.35 bits per heavy atom. The lowest BCUT2D eigenvalue weighted by Crippen LogP contribution is -2.66. The molecule has 0 radical (unpaired) electrons. The molecule has 1 aliphatic heterocycles. The summed E-state index contributed by atoms with van der Waals surface area (Å²) in [5.74, 6) is -1.26. The number of hydrogen-bond donors (Lipinski definition) is 3. The van der Waals surface area contributed by atoms with Gasteiger partial charge in [-0.3, -0.25) is 9.59 Å². The van der Waals surface area contributed by atoms with Gasteiger partial charge in [0.1, 0.15) is 0 Å². The average Bonchev–Trinajstić information content (AvgIpc) is 2.48. The van der Waals surface area contributed by atoms with Crippen molar-refractivity contribution in [2.24, 2.45) is 11.5 Å². The average molecular weight is 277 g/mol. The van der Waals surface area contributed by atoms with E-state index in [0.717, 1.165) is 5.56 Å². The molecule has 0 aliphatic carbocycles. The van der Waals surface area contributed by atoms with Gasteiger partial charge in [-0.25, -0.2) is 0 Å². The summed E-state index contributed by atoms with van der Waals surface area (Å²) in [4.78, 5) is 24.1. The number of benzene rings is 1. The molecule has 6 nitrogen and oxygen atoms in total. The first-order valence-electron chi connectivity index (χ1n) is 6.54. The van der Waals surface area contributed by atoms with Gasteiger partial charge in [-0.15, -0.1) is 0 Å². The Kier molecular flexibility index (Phi) is 4.49. The third-order valence-electron chi connectivity index (χ3n) is 3.43. The number of carbonyl (C=O) groups is 2. The fourth-order valence-electron chi connectivity index (χ4n) is 2.31. The zero-order valence-electron chi connectivity index (χ0n) is 11.2. The van der Waals surface area contributed by atoms with Crippen molar-refractivity contribution in [1.82, 2.24) is 5.32 Å². The smallest absolute Gasteiger partial charge is 0.258 e. The fourth-order valence-corrected chi connectivity index (χ4v) is 2.31. The predicted molar refractivity (Wildman–Crippen MR) is 73.9 cm³/mol. The monoisotopic (exact) mass is 277 g/mol. The number of primary amides is 1. The largest absolute Gasteiger partial charge is 0.367 e. The SMILES string of the molecule is NC(=O)C1(C(=O)[C@@H](N)Cc2ccccc2)CNCCO1. The molecule has 5 N–H and O–H groups in total. The molecular weight excluding hydrogens is 258 g/mol. The van der Waals surface area contributed by atoms with Crippen LogP contribution in [0.3, 0.4) is 0 Å². The highest BCUT2D eigenvalue weighted by Crippen LogP contribution is 2.17. The zero-order chi connectivity index (χ0) is 14.6. The third-order valence-corrected chi connectivity index (χ3v) is 3.43. The van der Waals surface area contributed by atoms with Crippen molar-refractivity contribution in [3.8, 4) is 0 Å². The van der Waals surface area contributed by atoms with Crippen LogP contribution in [0.15, 0.2) is 30.3 Å². The van der Waals surface area contributed by atoms with E-state index in [1.54, 1.807) is 0 Å². The van der Waals surface area contributed by atoms with E-state index in [-0.39, 0.29) is 13.2 Å². The number of hydrogen-bond acceptors (Lipinski definition) is 5. The van der Waals surface area contributed by atoms with Gasteiger partial charge in [-0.05, 0) is 12.0 Å². The van der Waals surface area contributed by atoms with E-state index in [9.17, 15) is 9.59 Å². The number of ketones is 1. The molecule has 1 fully saturated rings. The molecule has 1 amide bonds. The number of nitrogens with one attached hydrogen (secondary N) is 1. The molecule has 1 heterocycles. The first kappa shape index (κ1) is 14.6. The maximum absolute atomic E-state index is 12.5. The maximum atomic E-state index is 12.5. The number of nitrogens with two attached hydrogens (primary N) is 2. The van der Waals surface area contributed by atoms with Crippen molar-refractivity contribution in [3.63, 3.8) is 0 Å². The summed E-state index contributed by atoms with van der Waals surface area (Å²) in [5.41, 5.74) is 10.6. The number of morpholine rings is 1. The predicted octanol–water partition coefficient (Wildman–Crippen LogP) is -1.03. The molecule has 1 aromatic carbocycles. The van der Waals surface area contributed by atoms with Crippen LogP contribution in [-0.4, -0.2) is 43.0 Å². The summed E-state index contributed by atoms with van der Waals surface area (Å²) >= 11 is 0. The molecule has 0 bridgehead atoms. The molecule has 108 valence electrons. The second-order valence-corrected chi connectivity index (χ2v) is 4.88. The van der Waals surface area contributed by atoms with Crippen LogP contribution in [-0.2, 0) is 20.7 Å². The van der Waals surface area contributed by atoms with Crippen molar-refractivity contribution < 1.29 is 14.3 Å². The van der Waals surface area contributed by atoms with Crippen molar-refractivity contribution in [2.45, 2.75) is 18.1 Å². The van der Waals surface area contributed by atoms with Crippen molar-refractivity contribution in [2.75, 3.05) is 19.7 Å². The highest BCUT2D eigenvalue weighted by Gasteiger charge is 2.48. The number of carbonyl (C=O) groups excluding carboxylic acids is 2. The Morgan fingerprint density at radius 2 is 2.05 bits per heavy atom. The Hall–Kier alpha value is -1.76. The minimum atomic E-state index is -1.65. The van der Waals surface area contributed by atoms with Crippen LogP contribution in [0, 0.1) is 0 Å². The molecule has 0 saturated carbocycles. The lowest BCUT2D eigenvalue weighted by Gasteiger charge is -2.35. The highest BCUT2D eigenvalue weighted by atomic mass is 16.5. The fraction of sp³-hybridized carbons (Fsp3) is 0.429. The van der Waals surface area contributed by atoms with Crippen molar-refractivity contribution in [1.29, 1.82) is 0 Å². The second-order valence-electron chi connectivity index (χ2n) is 4.88. The molecule has 20 heavy (non-hydrogen) atoms. The topological polar surface area (TPSA) is 107 Å². The normalized spacial score (nSPS) is 24.1. The van der Waals surface area contributed by atoms with Gasteiger partial charge in [0.15, 0.2) is 5.78 Å². The summed E-state index contributed by atoms with van der Waals surface area (Å²) in [6.07, 6.45) is 0.345. The van der Waals surface area contributed by atoms with E-state index in [2.05, 4.69) is 5.32 Å². The molecule has 2 atom stereocenters. The molecule has 2 rings (SSSR count). The Labute approximate surface area is 117 Å². The van der Waals surface area contributed by atoms with Crippen LogP contribution >= 0.6 is 0 Å². The second kappa shape index (κ2) is 6.13. The minimum Gasteiger partial charge on any atom is -0.367 e. The first-order chi connectivity index (χ1) is 9.56. The van der Waals surface area contributed by atoms with E-state index in [1.165, 1.54) is 0 Å². The quantitative estimate of drug-likeness (QED) is 0.596. The number of ether oxygens (including phenoxy) is 1. The van der Waals surface area contributed by atoms with Crippen LogP contribution in [0.25, 0.3) is 0 Å². The molecule has 1 saturated heterocycles. The van der Waals surface area contributed by atoms with E-state index in [1.807, 2.05) is 30.3 Å². The molecule has 0 spiro atoms. The van der Waals surface area contributed by atoms with Crippen LogP contribution in [0.2, 0.25) is 0 Å². The number of amides is 1. The molecular formula is C14H19N3O3. The summed E-state index contributed by atoms with van der Waals surface area (Å²) in [6, 6.07) is 8.55. The summed E-state index contributed by atoms with van der Waals surface area (Å²) in [7, 11) is 0. The van der Waals surface area contributed by atoms with Crippen LogP contribution in [0.1, 0.15) is 5.56 Å². The summed E-state index contributed by atoms with van der Waals surface area (Å²) in [6.45, 7) is 0.909. The van der Waals surface area contributed by atoms with E-state index >= 15 is 0 Å². The zero-order valence-corrected chi connectivity index (χ0v) is 11.2. The molecule has 6 heteroatoms. The molecule has 1 unspecified atom stereocenters. The van der Waals surface area contributed by atoms with Crippen LogP contribution in [0.5, 0.6) is 0 Å². The van der Waals surface area contributed by atoms with Crippen LogP contribution < -0.4 is 16.8 Å². The molecule has 0 aromatic heterocycles. The van der Waals surface area contributed by atoms with E-state index in [0.29, 0.717) is 13.0 Å². The van der Waals surface area contributed by atoms with Crippen molar-refractivity contribution in [3.05, 3.63) is 35.9 Å². The van der Waals surface area contributed by atoms with Gasteiger partial charge in [0.25, 0.3) is 5.91 Å². The van der Waals surface area contributed by atoms with Gasteiger partial charge in [0, 0.05) is 13.1 Å². The lowest BCUT2D eigenvalue weighted by atomic mass is 9.88. The van der Waals surface area contributed by atoms with E-state index in [4.69, 9.17) is 16.2 Å². The Bertz CT molecular complexity index is 484. The molecule has 1 aliphatic rings. The Morgan fingerprint density at radius 3 is 2.60 bits per heavy atom. The van der Waals surface area contributed by atoms with E-state index < -0.39 is 23.3 Å². The standard InChI is InChI=1S/C14H19N3O3/c15-11(8-10-4-2-1-3-5-10)12(18)14(13(16)19)9-17-6-7-20-14/h1-5,11,17H,6-9,15H2,(H2,16,19)/t11-,14?/m0/s1. The number of rotatable bonds is 5. The van der Waals surface area contributed by atoms with Gasteiger partial charge in [-0.1, -0.05) is 30.3 Å². The highest BCUT2D eigenvalue weighted by molar-refractivity contribution is 6.11. The Balaban J connectivity index is 2.13. The number of Topliss-reactive ketones (excluding diaryl/α,β-unsaturated/α-hetero) is 1. The molecule has 1 aromatic rings. The summed E-state index contributed by atoms with van der Waals surface area (Å²) < 4.78 is 5.38. The summed E-state index contributed by atoms with van der Waals surface area (Å²) in [5, 5.41) is 2.95. The van der Waals surface area contributed by atoms with Gasteiger partial charge >= 0.3 is 0 Å². The van der Waals surface area contributed by atoms with Crippen LogP contribution in [0.4, 0.5) is 0 Å². The van der Waals surface area contributed by atoms with Gasteiger partial charge in [0.05, 0.1) is 12.6 Å². The lowest BCUT2D eigenvalue weighted by molar-refractivity contribution is -0.161. The first-order valence-corrected chi connectivity index (χ1v) is 6.54. The maximum Gasteiger partial charge on any atom is 0.258 e. The third kappa shape index (κ3) is 2.87.